The Bertz CT molecular complexity index is 610. The fraction of sp³-hybridized carbons (Fsp3) is 0.0667. The molecular weight excluding hydrogens is 240 g/mol. The molecule has 1 amide bonds. The smallest absolute Gasteiger partial charge is 0.274 e. The first-order chi connectivity index (χ1) is 9.29. The summed E-state index contributed by atoms with van der Waals surface area (Å²) < 4.78 is 0. The molecular formula is C15H12N2O2. The summed E-state index contributed by atoms with van der Waals surface area (Å²) in [7, 11) is 0. The quantitative estimate of drug-likeness (QED) is 0.799. The fourth-order valence-electron chi connectivity index (χ4n) is 1.47. The number of nitrogens with zero attached hydrogens (tertiary/aromatic N) is 1. The van der Waals surface area contributed by atoms with Crippen LogP contribution in [0.1, 0.15) is 16.1 Å². The number of anilines is 1. The van der Waals surface area contributed by atoms with E-state index in [1.165, 1.54) is 0 Å². The zero-order valence-corrected chi connectivity index (χ0v) is 10.1. The average Bonchev–Trinajstić information content (AvgIpc) is 2.47. The molecule has 0 aliphatic carbocycles. The third-order valence-corrected chi connectivity index (χ3v) is 2.35. The normalized spacial score (nSPS) is 9.32. The molecule has 0 fully saturated rings. The highest BCUT2D eigenvalue weighted by atomic mass is 16.2. The summed E-state index contributed by atoms with van der Waals surface area (Å²) >= 11 is 0. The summed E-state index contributed by atoms with van der Waals surface area (Å²) in [4.78, 5) is 15.8. The van der Waals surface area contributed by atoms with E-state index in [1.807, 2.05) is 0 Å². The molecule has 0 saturated carbocycles. The molecule has 0 spiro atoms. The van der Waals surface area contributed by atoms with Gasteiger partial charge in [0.25, 0.3) is 5.91 Å². The van der Waals surface area contributed by atoms with Crippen LogP contribution in [0.4, 0.5) is 5.69 Å². The summed E-state index contributed by atoms with van der Waals surface area (Å²) in [5.41, 5.74) is 1.82. The number of aliphatic hydroxyl groups is 1. The maximum atomic E-state index is 11.8. The molecule has 1 aromatic heterocycles. The molecule has 0 unspecified atom stereocenters. The molecule has 1 heterocycles. The van der Waals surface area contributed by atoms with Crippen molar-refractivity contribution in [3.63, 3.8) is 0 Å². The highest BCUT2D eigenvalue weighted by Gasteiger charge is 2.05. The topological polar surface area (TPSA) is 62.2 Å². The number of aromatic nitrogens is 1. The van der Waals surface area contributed by atoms with Gasteiger partial charge in [0, 0.05) is 17.4 Å². The Labute approximate surface area is 111 Å². The molecule has 4 nitrogen and oxygen atoms in total. The average molecular weight is 252 g/mol. The summed E-state index contributed by atoms with van der Waals surface area (Å²) in [6.07, 6.45) is 1.57. The lowest BCUT2D eigenvalue weighted by molar-refractivity contribution is 0.102. The van der Waals surface area contributed by atoms with E-state index in [0.29, 0.717) is 11.4 Å². The number of benzene rings is 1. The highest BCUT2D eigenvalue weighted by molar-refractivity contribution is 6.02. The van der Waals surface area contributed by atoms with E-state index in [-0.39, 0.29) is 12.5 Å². The first kappa shape index (κ1) is 12.8. The number of carbonyl (C=O) groups excluding carboxylic acids is 1. The van der Waals surface area contributed by atoms with Crippen LogP contribution in [0.5, 0.6) is 0 Å². The Kier molecular flexibility index (Phi) is 4.27. The lowest BCUT2D eigenvalue weighted by Crippen LogP contribution is -2.13. The number of nitrogens with one attached hydrogen (secondary N) is 1. The van der Waals surface area contributed by atoms with Gasteiger partial charge in [0.05, 0.1) is 0 Å². The second kappa shape index (κ2) is 6.34. The Morgan fingerprint density at radius 2 is 2.00 bits per heavy atom. The maximum absolute atomic E-state index is 11.8. The second-order valence-corrected chi connectivity index (χ2v) is 3.71. The molecule has 0 bridgehead atoms. The van der Waals surface area contributed by atoms with E-state index in [1.54, 1.807) is 48.7 Å². The number of hydrogen-bond donors (Lipinski definition) is 2. The molecule has 0 saturated heterocycles. The molecule has 4 heteroatoms. The van der Waals surface area contributed by atoms with Crippen LogP contribution in [0.2, 0.25) is 0 Å². The third-order valence-electron chi connectivity index (χ3n) is 2.35. The van der Waals surface area contributed by atoms with E-state index in [4.69, 9.17) is 5.11 Å². The number of pyridine rings is 1. The van der Waals surface area contributed by atoms with Crippen LogP contribution in [0.25, 0.3) is 0 Å². The van der Waals surface area contributed by atoms with Crippen molar-refractivity contribution in [1.82, 2.24) is 4.98 Å². The van der Waals surface area contributed by atoms with Crippen molar-refractivity contribution >= 4 is 11.6 Å². The van der Waals surface area contributed by atoms with Gasteiger partial charge >= 0.3 is 0 Å². The molecule has 0 atom stereocenters. The zero-order chi connectivity index (χ0) is 13.5. The SMILES string of the molecule is O=C(Nc1ccc(C#CCO)cc1)c1ccccn1. The number of carbonyl (C=O) groups is 1. The van der Waals surface area contributed by atoms with Crippen molar-refractivity contribution in [3.05, 3.63) is 59.9 Å². The maximum Gasteiger partial charge on any atom is 0.274 e. The van der Waals surface area contributed by atoms with Crippen LogP contribution in [0.15, 0.2) is 48.7 Å². The minimum atomic E-state index is -0.255. The van der Waals surface area contributed by atoms with Gasteiger partial charge in [-0.2, -0.15) is 0 Å². The fourth-order valence-corrected chi connectivity index (χ4v) is 1.47. The summed E-state index contributed by atoms with van der Waals surface area (Å²) in [6, 6.07) is 12.2. The summed E-state index contributed by atoms with van der Waals surface area (Å²) in [5.74, 6) is 5.09. The van der Waals surface area contributed by atoms with Gasteiger partial charge in [-0.15, -0.1) is 0 Å². The lowest BCUT2D eigenvalue weighted by atomic mass is 10.2. The van der Waals surface area contributed by atoms with Gasteiger partial charge in [-0.3, -0.25) is 9.78 Å². The van der Waals surface area contributed by atoms with E-state index in [9.17, 15) is 4.79 Å². The van der Waals surface area contributed by atoms with E-state index < -0.39 is 0 Å². The van der Waals surface area contributed by atoms with Crippen LogP contribution in [-0.4, -0.2) is 22.6 Å². The Morgan fingerprint density at radius 3 is 2.63 bits per heavy atom. The first-order valence-electron chi connectivity index (χ1n) is 5.72. The van der Waals surface area contributed by atoms with Crippen LogP contribution in [0.3, 0.4) is 0 Å². The van der Waals surface area contributed by atoms with Gasteiger partial charge in [0.2, 0.25) is 0 Å². The van der Waals surface area contributed by atoms with Crippen molar-refractivity contribution in [2.45, 2.75) is 0 Å². The Balaban J connectivity index is 2.06. The van der Waals surface area contributed by atoms with Crippen LogP contribution < -0.4 is 5.32 Å². The summed E-state index contributed by atoms with van der Waals surface area (Å²) in [6.45, 7) is -0.168. The van der Waals surface area contributed by atoms with E-state index >= 15 is 0 Å². The van der Waals surface area contributed by atoms with Crippen LogP contribution in [-0.2, 0) is 0 Å². The van der Waals surface area contributed by atoms with Gasteiger partial charge < -0.3 is 10.4 Å². The molecule has 19 heavy (non-hydrogen) atoms. The standard InChI is InChI=1S/C15H12N2O2/c18-11-3-4-12-6-8-13(9-7-12)17-15(19)14-5-1-2-10-16-14/h1-2,5-10,18H,11H2,(H,17,19). The third kappa shape index (κ3) is 3.66. The predicted molar refractivity (Wildman–Crippen MR) is 72.6 cm³/mol. The Hall–Kier alpha value is -2.64. The minimum Gasteiger partial charge on any atom is -0.384 e. The molecule has 1 aromatic carbocycles. The first-order valence-corrected chi connectivity index (χ1v) is 5.72. The highest BCUT2D eigenvalue weighted by Crippen LogP contribution is 2.10. The zero-order valence-electron chi connectivity index (χ0n) is 10.1. The van der Waals surface area contributed by atoms with E-state index in [2.05, 4.69) is 22.1 Å². The molecule has 2 N–H and O–H groups in total. The molecule has 0 aliphatic heterocycles. The number of hydrogen-bond acceptors (Lipinski definition) is 3. The number of rotatable bonds is 2. The number of amides is 1. The van der Waals surface area contributed by atoms with Crippen molar-refractivity contribution < 1.29 is 9.90 Å². The van der Waals surface area contributed by atoms with E-state index in [0.717, 1.165) is 5.56 Å². The predicted octanol–water partition coefficient (Wildman–Crippen LogP) is 1.68. The molecule has 2 aromatic rings. The van der Waals surface area contributed by atoms with Crippen molar-refractivity contribution in [2.24, 2.45) is 0 Å². The van der Waals surface area contributed by atoms with Gasteiger partial charge in [-0.05, 0) is 36.4 Å². The van der Waals surface area contributed by atoms with Crippen LogP contribution in [0, 0.1) is 11.8 Å². The van der Waals surface area contributed by atoms with Crippen molar-refractivity contribution in [3.8, 4) is 11.8 Å². The van der Waals surface area contributed by atoms with Crippen LogP contribution >= 0.6 is 0 Å². The largest absolute Gasteiger partial charge is 0.384 e. The Morgan fingerprint density at radius 1 is 1.21 bits per heavy atom. The van der Waals surface area contributed by atoms with Gasteiger partial charge in [-0.1, -0.05) is 17.9 Å². The van der Waals surface area contributed by atoms with Gasteiger partial charge in [0.15, 0.2) is 0 Å². The minimum absolute atomic E-state index is 0.168. The monoisotopic (exact) mass is 252 g/mol. The lowest BCUT2D eigenvalue weighted by Gasteiger charge is -2.04. The van der Waals surface area contributed by atoms with Gasteiger partial charge in [0.1, 0.15) is 12.3 Å². The molecule has 0 aliphatic rings. The van der Waals surface area contributed by atoms with Crippen molar-refractivity contribution in [1.29, 1.82) is 0 Å². The molecule has 0 radical (unpaired) electrons. The van der Waals surface area contributed by atoms with Crippen molar-refractivity contribution in [2.75, 3.05) is 11.9 Å². The molecule has 2 rings (SSSR count). The second-order valence-electron chi connectivity index (χ2n) is 3.71. The van der Waals surface area contributed by atoms with Gasteiger partial charge in [-0.25, -0.2) is 0 Å². The number of aliphatic hydroxyl groups excluding tert-OH is 1. The summed E-state index contributed by atoms with van der Waals surface area (Å²) in [5, 5.41) is 11.3. The molecule has 94 valence electrons.